The van der Waals surface area contributed by atoms with Crippen LogP contribution in [0.15, 0.2) is 78.9 Å². The van der Waals surface area contributed by atoms with Gasteiger partial charge in [0.25, 0.3) is 5.91 Å². The molecule has 7 nitrogen and oxygen atoms in total. The smallest absolute Gasteiger partial charge is 0.253 e. The van der Waals surface area contributed by atoms with Crippen molar-refractivity contribution in [2.75, 3.05) is 31.5 Å². The molecule has 3 aromatic carbocycles. The van der Waals surface area contributed by atoms with Gasteiger partial charge in [-0.25, -0.2) is 4.98 Å². The van der Waals surface area contributed by atoms with E-state index in [-0.39, 0.29) is 11.8 Å². The van der Waals surface area contributed by atoms with Crippen LogP contribution in [0.5, 0.6) is 0 Å². The van der Waals surface area contributed by atoms with Crippen molar-refractivity contribution < 1.29 is 9.59 Å². The van der Waals surface area contributed by atoms with Gasteiger partial charge in [-0.1, -0.05) is 42.5 Å². The van der Waals surface area contributed by atoms with Crippen molar-refractivity contribution in [2.24, 2.45) is 0 Å². The first-order chi connectivity index (χ1) is 17.1. The summed E-state index contributed by atoms with van der Waals surface area (Å²) >= 11 is 0. The van der Waals surface area contributed by atoms with E-state index in [0.29, 0.717) is 24.3 Å². The number of hydrogen-bond donors (Lipinski definition) is 1. The molecule has 1 aliphatic rings. The Kier molecular flexibility index (Phi) is 6.59. The summed E-state index contributed by atoms with van der Waals surface area (Å²) in [7, 11) is 0. The van der Waals surface area contributed by atoms with Crippen molar-refractivity contribution in [3.05, 3.63) is 95.8 Å². The molecule has 0 aliphatic carbocycles. The van der Waals surface area contributed by atoms with Gasteiger partial charge >= 0.3 is 0 Å². The Morgan fingerprint density at radius 3 is 2.23 bits per heavy atom. The van der Waals surface area contributed by atoms with Crippen LogP contribution in [0.2, 0.25) is 0 Å². The van der Waals surface area contributed by atoms with Crippen LogP contribution in [0.3, 0.4) is 0 Å². The van der Waals surface area contributed by atoms with Crippen LogP contribution in [-0.2, 0) is 17.9 Å². The van der Waals surface area contributed by atoms with Gasteiger partial charge < -0.3 is 14.8 Å². The number of imidazole rings is 1. The van der Waals surface area contributed by atoms with E-state index in [1.54, 1.807) is 24.3 Å². The molecule has 1 aromatic heterocycles. The van der Waals surface area contributed by atoms with E-state index in [4.69, 9.17) is 4.98 Å². The first-order valence-corrected chi connectivity index (χ1v) is 11.9. The highest BCUT2D eigenvalue weighted by molar-refractivity contribution is 5.95. The van der Waals surface area contributed by atoms with E-state index in [9.17, 15) is 9.59 Å². The number of hydrogen-bond acceptors (Lipinski definition) is 4. The molecule has 5 rings (SSSR count). The number of anilines is 1. The zero-order valence-electron chi connectivity index (χ0n) is 19.9. The molecule has 7 heteroatoms. The first kappa shape index (κ1) is 22.8. The second-order valence-corrected chi connectivity index (χ2v) is 8.92. The number of amides is 2. The second-order valence-electron chi connectivity index (χ2n) is 8.92. The van der Waals surface area contributed by atoms with Crippen LogP contribution in [0, 0.1) is 0 Å². The normalized spacial score (nSPS) is 14.3. The van der Waals surface area contributed by atoms with Crippen LogP contribution >= 0.6 is 0 Å². The lowest BCUT2D eigenvalue weighted by Gasteiger charge is -2.34. The molecule has 2 amide bonds. The summed E-state index contributed by atoms with van der Waals surface area (Å²) in [5.74, 6) is 0.941. The Morgan fingerprint density at radius 2 is 1.51 bits per heavy atom. The lowest BCUT2D eigenvalue weighted by molar-refractivity contribution is -0.114. The third-order valence-corrected chi connectivity index (χ3v) is 6.39. The van der Waals surface area contributed by atoms with Gasteiger partial charge in [-0.3, -0.25) is 14.5 Å². The van der Waals surface area contributed by atoms with Crippen molar-refractivity contribution in [1.82, 2.24) is 19.4 Å². The minimum atomic E-state index is -0.127. The fraction of sp³-hybridized carbons (Fsp3) is 0.250. The van der Waals surface area contributed by atoms with Gasteiger partial charge in [-0.05, 0) is 42.0 Å². The summed E-state index contributed by atoms with van der Waals surface area (Å²) in [5, 5.41) is 2.73. The molecule has 35 heavy (non-hydrogen) atoms. The molecule has 0 radical (unpaired) electrons. The lowest BCUT2D eigenvalue weighted by atomic mass is 10.1. The second kappa shape index (κ2) is 10.1. The highest BCUT2D eigenvalue weighted by Gasteiger charge is 2.24. The van der Waals surface area contributed by atoms with Crippen LogP contribution in [-0.4, -0.2) is 57.3 Å². The molecule has 1 saturated heterocycles. The molecule has 1 N–H and O–H groups in total. The highest BCUT2D eigenvalue weighted by atomic mass is 16.2. The molecule has 0 atom stereocenters. The van der Waals surface area contributed by atoms with Crippen LogP contribution in [0.25, 0.3) is 11.0 Å². The maximum atomic E-state index is 13.0. The van der Waals surface area contributed by atoms with E-state index in [1.165, 1.54) is 12.5 Å². The number of rotatable bonds is 6. The highest BCUT2D eigenvalue weighted by Crippen LogP contribution is 2.20. The van der Waals surface area contributed by atoms with Gasteiger partial charge in [0, 0.05) is 50.9 Å². The topological polar surface area (TPSA) is 70.5 Å². The summed E-state index contributed by atoms with van der Waals surface area (Å²) in [5.41, 5.74) is 4.73. The van der Waals surface area contributed by atoms with Gasteiger partial charge in [0.2, 0.25) is 5.91 Å². The summed E-state index contributed by atoms with van der Waals surface area (Å²) < 4.78 is 2.30. The zero-order valence-corrected chi connectivity index (χ0v) is 19.9. The molecule has 0 bridgehead atoms. The number of nitrogens with one attached hydrogen (secondary N) is 1. The zero-order chi connectivity index (χ0) is 24.2. The minimum Gasteiger partial charge on any atom is -0.336 e. The molecular formula is C28H29N5O2. The number of carbonyl (C=O) groups is 2. The predicted octanol–water partition coefficient (Wildman–Crippen LogP) is 4.00. The largest absolute Gasteiger partial charge is 0.336 e. The Labute approximate surface area is 205 Å². The standard InChI is InChI=1S/C28H29N5O2/c1-21(34)29-24-13-11-23(12-14-24)28(35)32-17-15-31(16-18-32)20-27-30-25-9-5-6-10-26(25)33(27)19-22-7-3-2-4-8-22/h2-14H,15-20H2,1H3,(H,29,34). The molecule has 0 saturated carbocycles. The van der Waals surface area contributed by atoms with E-state index in [1.807, 2.05) is 17.0 Å². The fourth-order valence-electron chi connectivity index (χ4n) is 4.58. The third kappa shape index (κ3) is 5.25. The van der Waals surface area contributed by atoms with Gasteiger partial charge in [0.15, 0.2) is 0 Å². The molecule has 0 unspecified atom stereocenters. The molecule has 1 aliphatic heterocycles. The SMILES string of the molecule is CC(=O)Nc1ccc(C(=O)N2CCN(Cc3nc4ccccc4n3Cc3ccccc3)CC2)cc1. The monoisotopic (exact) mass is 467 g/mol. The van der Waals surface area contributed by atoms with Gasteiger partial charge in [0.1, 0.15) is 5.82 Å². The minimum absolute atomic E-state index is 0.0235. The Bertz CT molecular complexity index is 1320. The maximum Gasteiger partial charge on any atom is 0.253 e. The molecule has 4 aromatic rings. The van der Waals surface area contributed by atoms with E-state index in [0.717, 1.165) is 43.0 Å². The molecule has 178 valence electrons. The number of aromatic nitrogens is 2. The number of para-hydroxylation sites is 2. The van der Waals surface area contributed by atoms with E-state index < -0.39 is 0 Å². The number of carbonyl (C=O) groups excluding carboxylic acids is 2. The van der Waals surface area contributed by atoms with Crippen molar-refractivity contribution in [3.8, 4) is 0 Å². The van der Waals surface area contributed by atoms with Crippen molar-refractivity contribution in [2.45, 2.75) is 20.0 Å². The Hall–Kier alpha value is -3.97. The summed E-state index contributed by atoms with van der Waals surface area (Å²) in [6, 6.07) is 25.8. The summed E-state index contributed by atoms with van der Waals surface area (Å²) in [4.78, 5) is 33.4. The van der Waals surface area contributed by atoms with E-state index in [2.05, 4.69) is 57.2 Å². The van der Waals surface area contributed by atoms with Crippen molar-refractivity contribution >= 4 is 28.5 Å². The number of fused-ring (bicyclic) bond motifs is 1. The van der Waals surface area contributed by atoms with Gasteiger partial charge in [-0.2, -0.15) is 0 Å². The number of piperazine rings is 1. The van der Waals surface area contributed by atoms with Crippen molar-refractivity contribution in [1.29, 1.82) is 0 Å². The Balaban J connectivity index is 1.25. The average Bonchev–Trinajstić information content (AvgIpc) is 3.21. The number of nitrogens with zero attached hydrogens (tertiary/aromatic N) is 4. The Morgan fingerprint density at radius 1 is 0.829 bits per heavy atom. The summed E-state index contributed by atoms with van der Waals surface area (Å²) in [6.07, 6.45) is 0. The van der Waals surface area contributed by atoms with Crippen LogP contribution in [0.4, 0.5) is 5.69 Å². The lowest BCUT2D eigenvalue weighted by Crippen LogP contribution is -2.48. The molecule has 2 heterocycles. The van der Waals surface area contributed by atoms with Crippen molar-refractivity contribution in [3.63, 3.8) is 0 Å². The third-order valence-electron chi connectivity index (χ3n) is 6.39. The van der Waals surface area contributed by atoms with E-state index >= 15 is 0 Å². The quantitative estimate of drug-likeness (QED) is 0.465. The average molecular weight is 468 g/mol. The van der Waals surface area contributed by atoms with Crippen LogP contribution < -0.4 is 5.32 Å². The van der Waals surface area contributed by atoms with Gasteiger partial charge in [0.05, 0.1) is 17.6 Å². The maximum absolute atomic E-state index is 13.0. The predicted molar refractivity (Wildman–Crippen MR) is 137 cm³/mol. The summed E-state index contributed by atoms with van der Waals surface area (Å²) in [6.45, 7) is 5.93. The molecular weight excluding hydrogens is 438 g/mol. The molecule has 1 fully saturated rings. The first-order valence-electron chi connectivity index (χ1n) is 11.9. The fourth-order valence-corrected chi connectivity index (χ4v) is 4.58. The van der Waals surface area contributed by atoms with Gasteiger partial charge in [-0.15, -0.1) is 0 Å². The van der Waals surface area contributed by atoms with Crippen LogP contribution in [0.1, 0.15) is 28.7 Å². The molecule has 0 spiro atoms. The number of benzene rings is 3.